The quantitative estimate of drug-likeness (QED) is 0.838. The van der Waals surface area contributed by atoms with E-state index in [9.17, 15) is 14.7 Å². The van der Waals surface area contributed by atoms with Gasteiger partial charge in [0, 0.05) is 12.1 Å². The van der Waals surface area contributed by atoms with Crippen LogP contribution in [0.25, 0.3) is 0 Å². The van der Waals surface area contributed by atoms with Gasteiger partial charge in [0.25, 0.3) is 0 Å². The van der Waals surface area contributed by atoms with Crippen LogP contribution in [0.15, 0.2) is 30.3 Å². The average molecular weight is 259 g/mol. The number of carboxylic acids is 1. The second-order valence-corrected chi connectivity index (χ2v) is 5.75. The maximum absolute atomic E-state index is 12.2. The van der Waals surface area contributed by atoms with Crippen molar-refractivity contribution in [3.63, 3.8) is 0 Å². The van der Waals surface area contributed by atoms with Gasteiger partial charge in [-0.25, -0.2) is 0 Å². The Kier molecular flexibility index (Phi) is 2.90. The second kappa shape index (κ2) is 4.46. The normalized spacial score (nSPS) is 24.5. The highest BCUT2D eigenvalue weighted by molar-refractivity contribution is 5.97. The number of nitrogens with zero attached hydrogens (tertiary/aromatic N) is 1. The van der Waals surface area contributed by atoms with Crippen LogP contribution in [0.3, 0.4) is 0 Å². The number of Topliss-reactive ketones (excluding diaryl/α,β-unsaturated/α-hetero) is 1. The first-order valence-electron chi connectivity index (χ1n) is 6.65. The van der Waals surface area contributed by atoms with Crippen molar-refractivity contribution >= 4 is 11.8 Å². The van der Waals surface area contributed by atoms with Crippen molar-refractivity contribution in [2.75, 3.05) is 13.1 Å². The van der Waals surface area contributed by atoms with Crippen LogP contribution in [0.4, 0.5) is 0 Å². The van der Waals surface area contributed by atoms with E-state index in [-0.39, 0.29) is 17.7 Å². The van der Waals surface area contributed by atoms with Crippen molar-refractivity contribution < 1.29 is 14.7 Å². The van der Waals surface area contributed by atoms with Crippen LogP contribution >= 0.6 is 0 Å². The van der Waals surface area contributed by atoms with Crippen LogP contribution in [-0.2, 0) is 4.79 Å². The summed E-state index contributed by atoms with van der Waals surface area (Å²) in [5.41, 5.74) is 0.850. The number of hydrogen-bond acceptors (Lipinski definition) is 3. The second-order valence-electron chi connectivity index (χ2n) is 5.75. The molecule has 1 N–H and O–H groups in total. The molecule has 2 fully saturated rings. The molecule has 2 aliphatic rings. The molecule has 0 aromatic heterocycles. The van der Waals surface area contributed by atoms with Crippen molar-refractivity contribution in [3.05, 3.63) is 35.9 Å². The lowest BCUT2D eigenvalue weighted by atomic mass is 10.0. The lowest BCUT2D eigenvalue weighted by Crippen LogP contribution is -2.39. The fraction of sp³-hybridized carbons (Fsp3) is 0.467. The van der Waals surface area contributed by atoms with Gasteiger partial charge in [-0.1, -0.05) is 30.3 Å². The van der Waals surface area contributed by atoms with Gasteiger partial charge >= 0.3 is 5.97 Å². The van der Waals surface area contributed by atoms with Gasteiger partial charge in [0.05, 0.1) is 6.54 Å². The van der Waals surface area contributed by atoms with Gasteiger partial charge in [0.15, 0.2) is 5.78 Å². The Labute approximate surface area is 112 Å². The Balaban J connectivity index is 1.71. The highest BCUT2D eigenvalue weighted by Crippen LogP contribution is 2.54. The summed E-state index contributed by atoms with van der Waals surface area (Å²) in [6.45, 7) is 0.964. The molecule has 4 nitrogen and oxygen atoms in total. The van der Waals surface area contributed by atoms with E-state index in [1.165, 1.54) is 0 Å². The molecule has 0 bridgehead atoms. The topological polar surface area (TPSA) is 57.6 Å². The molecule has 0 radical (unpaired) electrons. The molecule has 0 amide bonds. The van der Waals surface area contributed by atoms with E-state index in [2.05, 4.69) is 0 Å². The minimum absolute atomic E-state index is 0.00421. The number of carboxylic acid groups (broad SMARTS) is 1. The largest absolute Gasteiger partial charge is 0.480 e. The summed E-state index contributed by atoms with van der Waals surface area (Å²) in [4.78, 5) is 25.3. The number of ketones is 1. The smallest absolute Gasteiger partial charge is 0.320 e. The lowest BCUT2D eigenvalue weighted by Gasteiger charge is -2.20. The molecule has 0 unspecified atom stereocenters. The molecule has 1 aliphatic heterocycles. The molecule has 1 atom stereocenters. The summed E-state index contributed by atoms with van der Waals surface area (Å²) in [5, 5.41) is 9.27. The van der Waals surface area contributed by atoms with Gasteiger partial charge in [0.2, 0.25) is 0 Å². The third kappa shape index (κ3) is 2.40. The van der Waals surface area contributed by atoms with E-state index in [0.29, 0.717) is 12.0 Å². The van der Waals surface area contributed by atoms with E-state index in [4.69, 9.17) is 0 Å². The monoisotopic (exact) mass is 259 g/mol. The average Bonchev–Trinajstić information content (AvgIpc) is 3.05. The molecule has 1 spiro atoms. The number of rotatable bonds is 4. The Morgan fingerprint density at radius 1 is 1.26 bits per heavy atom. The number of likely N-dealkylation sites (tertiary alicyclic amines) is 1. The molecule has 3 rings (SSSR count). The lowest BCUT2D eigenvalue weighted by molar-refractivity contribution is -0.141. The Morgan fingerprint density at radius 3 is 2.53 bits per heavy atom. The molecular formula is C15H17NO3. The number of carbonyl (C=O) groups excluding carboxylic acids is 1. The Bertz CT molecular complexity index is 507. The van der Waals surface area contributed by atoms with Crippen molar-refractivity contribution in [3.8, 4) is 0 Å². The van der Waals surface area contributed by atoms with Gasteiger partial charge in [-0.2, -0.15) is 0 Å². The van der Waals surface area contributed by atoms with E-state index in [1.54, 1.807) is 12.1 Å². The highest BCUT2D eigenvalue weighted by atomic mass is 16.4. The number of hydrogen-bond donors (Lipinski definition) is 1. The molecule has 19 heavy (non-hydrogen) atoms. The van der Waals surface area contributed by atoms with Crippen LogP contribution in [0.1, 0.15) is 29.6 Å². The van der Waals surface area contributed by atoms with E-state index >= 15 is 0 Å². The first-order valence-corrected chi connectivity index (χ1v) is 6.65. The van der Waals surface area contributed by atoms with Crippen LogP contribution in [-0.4, -0.2) is 40.9 Å². The summed E-state index contributed by atoms with van der Waals surface area (Å²) in [7, 11) is 0. The van der Waals surface area contributed by atoms with Crippen LogP contribution in [0.5, 0.6) is 0 Å². The molecule has 4 heteroatoms. The van der Waals surface area contributed by atoms with E-state index < -0.39 is 12.0 Å². The SMILES string of the molecule is O=C(CN1CC2(CC2)C[C@H]1C(=O)O)c1ccccc1. The van der Waals surface area contributed by atoms with Gasteiger partial charge in [-0.15, -0.1) is 0 Å². The molecule has 1 aliphatic carbocycles. The number of benzene rings is 1. The fourth-order valence-corrected chi connectivity index (χ4v) is 2.99. The maximum Gasteiger partial charge on any atom is 0.320 e. The number of aliphatic carboxylic acids is 1. The van der Waals surface area contributed by atoms with Gasteiger partial charge in [-0.05, 0) is 24.7 Å². The van der Waals surface area contributed by atoms with Crippen molar-refractivity contribution in [1.29, 1.82) is 0 Å². The third-order valence-electron chi connectivity index (χ3n) is 4.29. The first kappa shape index (κ1) is 12.4. The minimum Gasteiger partial charge on any atom is -0.480 e. The van der Waals surface area contributed by atoms with Crippen molar-refractivity contribution in [2.24, 2.45) is 5.41 Å². The van der Waals surface area contributed by atoms with E-state index in [0.717, 1.165) is 19.4 Å². The van der Waals surface area contributed by atoms with Crippen molar-refractivity contribution in [2.45, 2.75) is 25.3 Å². The minimum atomic E-state index is -0.801. The zero-order valence-electron chi connectivity index (χ0n) is 10.7. The molecule has 1 heterocycles. The molecule has 1 aromatic rings. The van der Waals surface area contributed by atoms with Gasteiger partial charge < -0.3 is 5.11 Å². The first-order chi connectivity index (χ1) is 9.10. The summed E-state index contributed by atoms with van der Waals surface area (Å²) < 4.78 is 0. The molecule has 1 saturated heterocycles. The van der Waals surface area contributed by atoms with Crippen molar-refractivity contribution in [1.82, 2.24) is 4.90 Å². The zero-order valence-corrected chi connectivity index (χ0v) is 10.7. The van der Waals surface area contributed by atoms with Crippen LogP contribution in [0.2, 0.25) is 0 Å². The van der Waals surface area contributed by atoms with Gasteiger partial charge in [0.1, 0.15) is 6.04 Å². The summed E-state index contributed by atoms with van der Waals surface area (Å²) in [5.74, 6) is -0.797. The summed E-state index contributed by atoms with van der Waals surface area (Å²) >= 11 is 0. The molecule has 100 valence electrons. The predicted octanol–water partition coefficient (Wildman–Crippen LogP) is 1.81. The predicted molar refractivity (Wildman–Crippen MR) is 70.1 cm³/mol. The standard InChI is InChI=1S/C15H17NO3/c17-13(11-4-2-1-3-5-11)9-16-10-15(6-7-15)8-12(16)14(18)19/h1-5,12H,6-10H2,(H,18,19)/t12-/m0/s1. The third-order valence-corrected chi connectivity index (χ3v) is 4.29. The molecular weight excluding hydrogens is 242 g/mol. The summed E-state index contributed by atoms with van der Waals surface area (Å²) in [6, 6.07) is 8.59. The van der Waals surface area contributed by atoms with Crippen LogP contribution in [0, 0.1) is 5.41 Å². The van der Waals surface area contributed by atoms with E-state index in [1.807, 2.05) is 23.1 Å². The maximum atomic E-state index is 12.2. The summed E-state index contributed by atoms with van der Waals surface area (Å²) in [6.07, 6.45) is 2.91. The highest BCUT2D eigenvalue weighted by Gasteiger charge is 2.54. The fourth-order valence-electron chi connectivity index (χ4n) is 2.99. The van der Waals surface area contributed by atoms with Crippen LogP contribution < -0.4 is 0 Å². The zero-order chi connectivity index (χ0) is 13.5. The molecule has 1 aromatic carbocycles. The Hall–Kier alpha value is -1.68. The number of carbonyl (C=O) groups is 2. The van der Waals surface area contributed by atoms with Gasteiger partial charge in [-0.3, -0.25) is 14.5 Å². The molecule has 1 saturated carbocycles. The Morgan fingerprint density at radius 2 is 1.95 bits per heavy atom.